The molecule has 0 unspecified atom stereocenters. The first-order valence-electron chi connectivity index (χ1n) is 10.1. The van der Waals surface area contributed by atoms with Crippen LogP contribution in [0.5, 0.6) is 0 Å². The Labute approximate surface area is 167 Å². The van der Waals surface area contributed by atoms with Gasteiger partial charge in [0.2, 0.25) is 5.91 Å². The molecular formula is C21H32N4OS. The Hall–Kier alpha value is -1.82. The van der Waals surface area contributed by atoms with Crippen LogP contribution in [0.1, 0.15) is 51.4 Å². The van der Waals surface area contributed by atoms with Gasteiger partial charge in [-0.3, -0.25) is 4.79 Å². The number of amides is 1. The molecule has 0 fully saturated rings. The lowest BCUT2D eigenvalue weighted by atomic mass is 10.1. The second-order valence-electron chi connectivity index (χ2n) is 6.71. The van der Waals surface area contributed by atoms with E-state index in [0.29, 0.717) is 5.75 Å². The maximum absolute atomic E-state index is 12.5. The monoisotopic (exact) mass is 388 g/mol. The lowest BCUT2D eigenvalue weighted by Crippen LogP contribution is -2.33. The molecule has 6 heteroatoms. The second kappa shape index (κ2) is 11.8. The highest BCUT2D eigenvalue weighted by atomic mass is 32.2. The molecule has 0 aliphatic heterocycles. The Morgan fingerprint density at radius 2 is 1.70 bits per heavy atom. The van der Waals surface area contributed by atoms with E-state index in [1.807, 2.05) is 11.0 Å². The first-order valence-corrected chi connectivity index (χ1v) is 11.0. The summed E-state index contributed by atoms with van der Waals surface area (Å²) in [6, 6.07) is 10.5. The van der Waals surface area contributed by atoms with Gasteiger partial charge in [-0.2, -0.15) is 0 Å². The molecule has 0 spiro atoms. The quantitative estimate of drug-likeness (QED) is 0.511. The first-order chi connectivity index (χ1) is 13.2. The third-order valence-electron chi connectivity index (χ3n) is 4.39. The van der Waals surface area contributed by atoms with Gasteiger partial charge in [0.25, 0.3) is 0 Å². The van der Waals surface area contributed by atoms with Gasteiger partial charge in [0.15, 0.2) is 5.16 Å². The maximum Gasteiger partial charge on any atom is 0.233 e. The van der Waals surface area contributed by atoms with Gasteiger partial charge in [-0.05, 0) is 31.2 Å². The van der Waals surface area contributed by atoms with Crippen molar-refractivity contribution < 1.29 is 4.79 Å². The van der Waals surface area contributed by atoms with E-state index in [2.05, 4.69) is 59.8 Å². The van der Waals surface area contributed by atoms with Crippen LogP contribution in [0.3, 0.4) is 0 Å². The van der Waals surface area contributed by atoms with E-state index in [-0.39, 0.29) is 5.91 Å². The zero-order valence-electron chi connectivity index (χ0n) is 16.9. The number of aromatic nitrogens is 3. The standard InChI is InChI=1S/C21H32N4OS/c1-4-14-24(15-5-2)20(26)17-27-21-23-22-19(25(21)16-6-3)13-12-18-10-8-7-9-11-18/h7-11H,4-6,12-17H2,1-3H3. The highest BCUT2D eigenvalue weighted by Gasteiger charge is 2.16. The molecule has 2 aromatic rings. The Morgan fingerprint density at radius 3 is 2.33 bits per heavy atom. The summed E-state index contributed by atoms with van der Waals surface area (Å²) in [6.07, 6.45) is 4.82. The Morgan fingerprint density at radius 1 is 1.00 bits per heavy atom. The van der Waals surface area contributed by atoms with Crippen molar-refractivity contribution in [1.29, 1.82) is 0 Å². The van der Waals surface area contributed by atoms with Crippen molar-refractivity contribution in [2.24, 2.45) is 0 Å². The van der Waals surface area contributed by atoms with Gasteiger partial charge in [0.1, 0.15) is 5.82 Å². The van der Waals surface area contributed by atoms with Gasteiger partial charge in [0.05, 0.1) is 5.75 Å². The van der Waals surface area contributed by atoms with Gasteiger partial charge in [-0.25, -0.2) is 0 Å². The number of aryl methyl sites for hydroxylation is 2. The summed E-state index contributed by atoms with van der Waals surface area (Å²) in [5.41, 5.74) is 1.31. The van der Waals surface area contributed by atoms with Gasteiger partial charge in [-0.1, -0.05) is 62.9 Å². The number of hydrogen-bond acceptors (Lipinski definition) is 4. The molecule has 0 aliphatic rings. The molecule has 27 heavy (non-hydrogen) atoms. The van der Waals surface area contributed by atoms with Crippen LogP contribution in [0.25, 0.3) is 0 Å². The summed E-state index contributed by atoms with van der Waals surface area (Å²) in [4.78, 5) is 14.5. The molecule has 0 N–H and O–H groups in total. The lowest BCUT2D eigenvalue weighted by molar-refractivity contribution is -0.128. The summed E-state index contributed by atoms with van der Waals surface area (Å²) in [7, 11) is 0. The molecule has 0 saturated heterocycles. The van der Waals surface area contributed by atoms with Crippen LogP contribution in [0.15, 0.2) is 35.5 Å². The van der Waals surface area contributed by atoms with E-state index in [9.17, 15) is 4.79 Å². The fourth-order valence-electron chi connectivity index (χ4n) is 3.08. The summed E-state index contributed by atoms with van der Waals surface area (Å²) < 4.78 is 2.19. The molecule has 0 saturated carbocycles. The Bertz CT molecular complexity index is 681. The topological polar surface area (TPSA) is 51.0 Å². The average molecular weight is 389 g/mol. The van der Waals surface area contributed by atoms with Crippen LogP contribution >= 0.6 is 11.8 Å². The van der Waals surface area contributed by atoms with Gasteiger partial charge in [0, 0.05) is 26.1 Å². The number of rotatable bonds is 12. The van der Waals surface area contributed by atoms with E-state index >= 15 is 0 Å². The van der Waals surface area contributed by atoms with E-state index < -0.39 is 0 Å². The SMILES string of the molecule is CCCN(CCC)C(=O)CSc1nnc(CCc2ccccc2)n1CCC. The predicted molar refractivity (Wildman–Crippen MR) is 112 cm³/mol. The van der Waals surface area contributed by atoms with Crippen LogP contribution in [-0.2, 0) is 24.2 Å². The Kier molecular flexibility index (Phi) is 9.39. The number of nitrogens with zero attached hydrogens (tertiary/aromatic N) is 4. The summed E-state index contributed by atoms with van der Waals surface area (Å²) >= 11 is 1.52. The van der Waals surface area contributed by atoms with Crippen LogP contribution in [0.4, 0.5) is 0 Å². The second-order valence-corrected chi connectivity index (χ2v) is 7.65. The van der Waals surface area contributed by atoms with E-state index in [1.165, 1.54) is 17.3 Å². The fraction of sp³-hybridized carbons (Fsp3) is 0.571. The largest absolute Gasteiger partial charge is 0.342 e. The minimum absolute atomic E-state index is 0.195. The number of benzene rings is 1. The molecule has 1 heterocycles. The van der Waals surface area contributed by atoms with Crippen molar-refractivity contribution >= 4 is 17.7 Å². The van der Waals surface area contributed by atoms with E-state index in [4.69, 9.17) is 0 Å². The van der Waals surface area contributed by atoms with Crippen molar-refractivity contribution in [3.63, 3.8) is 0 Å². The van der Waals surface area contributed by atoms with Crippen molar-refractivity contribution in [3.8, 4) is 0 Å². The fourth-order valence-corrected chi connectivity index (χ4v) is 3.96. The first kappa shape index (κ1) is 21.5. The lowest BCUT2D eigenvalue weighted by Gasteiger charge is -2.21. The van der Waals surface area contributed by atoms with Crippen molar-refractivity contribution in [2.75, 3.05) is 18.8 Å². The van der Waals surface area contributed by atoms with Crippen molar-refractivity contribution in [2.45, 2.75) is 64.6 Å². The molecular weight excluding hydrogens is 356 g/mol. The van der Waals surface area contributed by atoms with E-state index in [1.54, 1.807) is 0 Å². The molecule has 0 aliphatic carbocycles. The molecule has 0 radical (unpaired) electrons. The molecule has 5 nitrogen and oxygen atoms in total. The van der Waals surface area contributed by atoms with Crippen LogP contribution in [-0.4, -0.2) is 44.4 Å². The van der Waals surface area contributed by atoms with Crippen LogP contribution in [0.2, 0.25) is 0 Å². The zero-order valence-corrected chi connectivity index (χ0v) is 17.7. The molecule has 1 amide bonds. The molecule has 1 aromatic heterocycles. The third kappa shape index (κ3) is 6.69. The highest BCUT2D eigenvalue weighted by Crippen LogP contribution is 2.19. The summed E-state index contributed by atoms with van der Waals surface area (Å²) in [5.74, 6) is 1.63. The van der Waals surface area contributed by atoms with Crippen molar-refractivity contribution in [3.05, 3.63) is 41.7 Å². The minimum Gasteiger partial charge on any atom is -0.342 e. The molecule has 1 aromatic carbocycles. The number of carbonyl (C=O) groups excluding carboxylic acids is 1. The predicted octanol–water partition coefficient (Wildman–Crippen LogP) is 4.21. The van der Waals surface area contributed by atoms with Gasteiger partial charge >= 0.3 is 0 Å². The smallest absolute Gasteiger partial charge is 0.233 e. The van der Waals surface area contributed by atoms with Crippen molar-refractivity contribution in [1.82, 2.24) is 19.7 Å². The summed E-state index contributed by atoms with van der Waals surface area (Å²) in [6.45, 7) is 8.93. The average Bonchev–Trinajstić information content (AvgIpc) is 3.07. The number of carbonyl (C=O) groups is 1. The zero-order chi connectivity index (χ0) is 19.5. The number of hydrogen-bond donors (Lipinski definition) is 0. The molecule has 148 valence electrons. The maximum atomic E-state index is 12.5. The van der Waals surface area contributed by atoms with Crippen LogP contribution < -0.4 is 0 Å². The van der Waals surface area contributed by atoms with Gasteiger partial charge in [-0.15, -0.1) is 10.2 Å². The minimum atomic E-state index is 0.195. The summed E-state index contributed by atoms with van der Waals surface area (Å²) in [5, 5.41) is 9.65. The third-order valence-corrected chi connectivity index (χ3v) is 5.34. The van der Waals surface area contributed by atoms with Gasteiger partial charge < -0.3 is 9.47 Å². The molecule has 0 bridgehead atoms. The molecule has 2 rings (SSSR count). The normalized spacial score (nSPS) is 10.9. The Balaban J connectivity index is 1.99. The van der Waals surface area contributed by atoms with Crippen LogP contribution in [0, 0.1) is 0 Å². The molecule has 0 atom stereocenters. The van der Waals surface area contributed by atoms with E-state index in [0.717, 1.165) is 62.7 Å². The highest BCUT2D eigenvalue weighted by molar-refractivity contribution is 7.99. The number of thioether (sulfide) groups is 1.